The van der Waals surface area contributed by atoms with E-state index in [1.54, 1.807) is 0 Å². The second-order valence-electron chi connectivity index (χ2n) is 5.92. The summed E-state index contributed by atoms with van der Waals surface area (Å²) in [7, 11) is 0. The fourth-order valence-electron chi connectivity index (χ4n) is 3.61. The monoisotopic (exact) mass is 239 g/mol. The van der Waals surface area contributed by atoms with Gasteiger partial charge in [0.1, 0.15) is 0 Å². The molecule has 98 valence electrons. The molecule has 2 N–H and O–H groups in total. The lowest BCUT2D eigenvalue weighted by Gasteiger charge is -2.33. The van der Waals surface area contributed by atoms with Gasteiger partial charge >= 0.3 is 0 Å². The Kier molecular flexibility index (Phi) is 3.76. The quantitative estimate of drug-likeness (QED) is 0.772. The summed E-state index contributed by atoms with van der Waals surface area (Å²) in [6.45, 7) is 4.11. The molecule has 2 rings (SSSR count). The maximum absolute atomic E-state index is 12.3. The number of carbonyl (C=O) groups excluding carboxylic acids is 1. The number of fused-ring (bicyclic) bond motifs is 2. The number of rotatable bonds is 5. The van der Waals surface area contributed by atoms with Crippen molar-refractivity contribution >= 4 is 5.91 Å². The number of hydrogen-bond acceptors (Lipinski definition) is 2. The molecule has 2 bridgehead atoms. The second kappa shape index (κ2) is 4.97. The number of aliphatic hydroxyl groups is 1. The van der Waals surface area contributed by atoms with Crippen LogP contribution in [0.3, 0.4) is 0 Å². The van der Waals surface area contributed by atoms with Crippen LogP contribution in [0.5, 0.6) is 0 Å². The summed E-state index contributed by atoms with van der Waals surface area (Å²) < 4.78 is 0. The van der Waals surface area contributed by atoms with Gasteiger partial charge in [-0.25, -0.2) is 0 Å². The van der Waals surface area contributed by atoms with Crippen molar-refractivity contribution in [3.05, 3.63) is 0 Å². The van der Waals surface area contributed by atoms with Gasteiger partial charge in [-0.2, -0.15) is 0 Å². The molecule has 0 saturated heterocycles. The maximum Gasteiger partial charge on any atom is 0.223 e. The van der Waals surface area contributed by atoms with Gasteiger partial charge in [-0.05, 0) is 43.9 Å². The molecule has 0 heterocycles. The normalized spacial score (nSPS) is 31.8. The molecular formula is C14H25NO2. The molecule has 3 unspecified atom stereocenters. The molecule has 0 aromatic rings. The number of carbonyl (C=O) groups is 1. The highest BCUT2D eigenvalue weighted by molar-refractivity contribution is 5.80. The predicted molar refractivity (Wildman–Crippen MR) is 67.5 cm³/mol. The SMILES string of the molecule is CCC(CC)(CO)NC(=O)C1CC2CCC1C2. The molecule has 1 amide bonds. The Morgan fingerprint density at radius 2 is 2.00 bits per heavy atom. The van der Waals surface area contributed by atoms with Gasteiger partial charge < -0.3 is 10.4 Å². The molecule has 0 spiro atoms. The van der Waals surface area contributed by atoms with Gasteiger partial charge in [-0.1, -0.05) is 20.3 Å². The van der Waals surface area contributed by atoms with Gasteiger partial charge in [0.05, 0.1) is 12.1 Å². The topological polar surface area (TPSA) is 49.3 Å². The summed E-state index contributed by atoms with van der Waals surface area (Å²) in [5.41, 5.74) is -0.390. The first-order valence-electron chi connectivity index (χ1n) is 7.07. The minimum atomic E-state index is -0.390. The lowest BCUT2D eigenvalue weighted by Crippen LogP contribution is -2.52. The van der Waals surface area contributed by atoms with E-state index in [9.17, 15) is 9.90 Å². The number of aliphatic hydroxyl groups excluding tert-OH is 1. The lowest BCUT2D eigenvalue weighted by atomic mass is 9.86. The van der Waals surface area contributed by atoms with Gasteiger partial charge in [-0.15, -0.1) is 0 Å². The van der Waals surface area contributed by atoms with Crippen molar-refractivity contribution in [2.45, 2.75) is 57.9 Å². The molecular weight excluding hydrogens is 214 g/mol. The van der Waals surface area contributed by atoms with Gasteiger partial charge in [0.15, 0.2) is 0 Å². The summed E-state index contributed by atoms with van der Waals surface area (Å²) in [4.78, 5) is 12.3. The van der Waals surface area contributed by atoms with Crippen molar-refractivity contribution in [3.8, 4) is 0 Å². The van der Waals surface area contributed by atoms with Crippen molar-refractivity contribution < 1.29 is 9.90 Å². The van der Waals surface area contributed by atoms with Crippen LogP contribution in [-0.2, 0) is 4.79 Å². The second-order valence-corrected chi connectivity index (χ2v) is 5.92. The third-order valence-corrected chi connectivity index (χ3v) is 5.12. The molecule has 0 aromatic heterocycles. The van der Waals surface area contributed by atoms with Crippen molar-refractivity contribution in [1.82, 2.24) is 5.32 Å². The lowest BCUT2D eigenvalue weighted by molar-refractivity contribution is -0.129. The van der Waals surface area contributed by atoms with Crippen LogP contribution in [0.15, 0.2) is 0 Å². The summed E-state index contributed by atoms with van der Waals surface area (Å²) >= 11 is 0. The predicted octanol–water partition coefficient (Wildman–Crippen LogP) is 2.09. The van der Waals surface area contributed by atoms with E-state index < -0.39 is 0 Å². The summed E-state index contributed by atoms with van der Waals surface area (Å²) in [6, 6.07) is 0. The summed E-state index contributed by atoms with van der Waals surface area (Å²) in [5.74, 6) is 1.82. The van der Waals surface area contributed by atoms with Crippen LogP contribution in [0.1, 0.15) is 52.4 Å². The van der Waals surface area contributed by atoms with E-state index in [-0.39, 0.29) is 24.0 Å². The Balaban J connectivity index is 1.96. The van der Waals surface area contributed by atoms with Crippen LogP contribution < -0.4 is 5.32 Å². The van der Waals surface area contributed by atoms with Crippen molar-refractivity contribution in [1.29, 1.82) is 0 Å². The molecule has 0 aromatic carbocycles. The van der Waals surface area contributed by atoms with Crippen molar-refractivity contribution in [2.24, 2.45) is 17.8 Å². The van der Waals surface area contributed by atoms with Crippen LogP contribution in [0, 0.1) is 17.8 Å². The molecule has 0 radical (unpaired) electrons. The van der Waals surface area contributed by atoms with E-state index in [0.717, 1.165) is 25.2 Å². The zero-order valence-electron chi connectivity index (χ0n) is 11.0. The zero-order valence-corrected chi connectivity index (χ0v) is 11.0. The molecule has 2 aliphatic rings. The van der Waals surface area contributed by atoms with Crippen molar-refractivity contribution in [2.75, 3.05) is 6.61 Å². The van der Waals surface area contributed by atoms with Gasteiger partial charge in [0.2, 0.25) is 5.91 Å². The van der Waals surface area contributed by atoms with E-state index >= 15 is 0 Å². The fraction of sp³-hybridized carbons (Fsp3) is 0.929. The van der Waals surface area contributed by atoms with Gasteiger partial charge in [0.25, 0.3) is 0 Å². The van der Waals surface area contributed by atoms with Crippen LogP contribution in [0.25, 0.3) is 0 Å². The van der Waals surface area contributed by atoms with E-state index in [2.05, 4.69) is 5.32 Å². The minimum Gasteiger partial charge on any atom is -0.394 e. The molecule has 2 saturated carbocycles. The summed E-state index contributed by atoms with van der Waals surface area (Å²) in [5, 5.41) is 12.6. The van der Waals surface area contributed by atoms with E-state index in [0.29, 0.717) is 5.92 Å². The fourth-order valence-corrected chi connectivity index (χ4v) is 3.61. The van der Waals surface area contributed by atoms with E-state index in [1.807, 2.05) is 13.8 Å². The highest BCUT2D eigenvalue weighted by Crippen LogP contribution is 2.48. The standard InChI is InChI=1S/C14H25NO2/c1-3-14(4-2,9-16)15-13(17)12-8-10-5-6-11(12)7-10/h10-12,16H,3-9H2,1-2H3,(H,15,17). The third-order valence-electron chi connectivity index (χ3n) is 5.12. The van der Waals surface area contributed by atoms with Gasteiger partial charge in [-0.3, -0.25) is 4.79 Å². The molecule has 3 heteroatoms. The maximum atomic E-state index is 12.3. The van der Waals surface area contributed by atoms with Crippen LogP contribution in [-0.4, -0.2) is 23.2 Å². The first kappa shape index (κ1) is 12.9. The third kappa shape index (κ3) is 2.35. The molecule has 3 nitrogen and oxygen atoms in total. The van der Waals surface area contributed by atoms with E-state index in [1.165, 1.54) is 19.3 Å². The number of hydrogen-bond donors (Lipinski definition) is 2. The van der Waals surface area contributed by atoms with E-state index in [4.69, 9.17) is 0 Å². The average molecular weight is 239 g/mol. The smallest absolute Gasteiger partial charge is 0.223 e. The zero-order chi connectivity index (χ0) is 12.5. The largest absolute Gasteiger partial charge is 0.394 e. The Hall–Kier alpha value is -0.570. The first-order valence-corrected chi connectivity index (χ1v) is 7.07. The molecule has 2 aliphatic carbocycles. The Bertz CT molecular complexity index is 278. The highest BCUT2D eigenvalue weighted by Gasteiger charge is 2.44. The first-order chi connectivity index (χ1) is 8.14. The van der Waals surface area contributed by atoms with Crippen LogP contribution >= 0.6 is 0 Å². The molecule has 0 aliphatic heterocycles. The molecule has 3 atom stereocenters. The Morgan fingerprint density at radius 3 is 2.41 bits per heavy atom. The Morgan fingerprint density at radius 1 is 1.29 bits per heavy atom. The van der Waals surface area contributed by atoms with Crippen LogP contribution in [0.4, 0.5) is 0 Å². The van der Waals surface area contributed by atoms with Gasteiger partial charge in [0, 0.05) is 5.92 Å². The van der Waals surface area contributed by atoms with Crippen molar-refractivity contribution in [3.63, 3.8) is 0 Å². The average Bonchev–Trinajstić information content (AvgIpc) is 2.98. The minimum absolute atomic E-state index is 0.0482. The number of nitrogens with one attached hydrogen (secondary N) is 1. The highest BCUT2D eigenvalue weighted by atomic mass is 16.3. The van der Waals surface area contributed by atoms with Crippen LogP contribution in [0.2, 0.25) is 0 Å². The summed E-state index contributed by atoms with van der Waals surface area (Å²) in [6.07, 6.45) is 6.47. The Labute approximate surface area is 104 Å². The molecule has 2 fully saturated rings. The molecule has 17 heavy (non-hydrogen) atoms. The number of amides is 1.